The predicted octanol–water partition coefficient (Wildman–Crippen LogP) is 2.71. The van der Waals surface area contributed by atoms with Gasteiger partial charge in [0, 0.05) is 6.42 Å². The van der Waals surface area contributed by atoms with E-state index in [1.165, 1.54) is 0 Å². The number of hydrogen-bond donors (Lipinski definition) is 0. The fraction of sp³-hybridized carbons (Fsp3) is 0.600. The molecule has 1 aliphatic rings. The molecule has 1 aromatic rings. The third-order valence-corrected chi connectivity index (χ3v) is 3.45. The van der Waals surface area contributed by atoms with E-state index in [0.717, 1.165) is 18.4 Å². The Labute approximate surface area is 119 Å². The topological polar surface area (TPSA) is 46.2 Å². The van der Waals surface area contributed by atoms with Crippen molar-refractivity contribution in [2.75, 3.05) is 34.5 Å². The van der Waals surface area contributed by atoms with Crippen LogP contribution < -0.4 is 14.2 Å². The molecule has 1 aromatic carbocycles. The second-order valence-electron chi connectivity index (χ2n) is 4.58. The Morgan fingerprint density at radius 1 is 1.00 bits per heavy atom. The average Bonchev–Trinajstić information content (AvgIpc) is 2.95. The molecular formula is C15H22O5. The summed E-state index contributed by atoms with van der Waals surface area (Å²) in [4.78, 5) is 0. The van der Waals surface area contributed by atoms with Gasteiger partial charge in [-0.05, 0) is 12.1 Å². The molecular weight excluding hydrogens is 260 g/mol. The normalized spacial score (nSPS) is 17.0. The molecule has 0 aromatic heterocycles. The fourth-order valence-corrected chi connectivity index (χ4v) is 2.62. The Balaban J connectivity index is 2.55. The van der Waals surface area contributed by atoms with E-state index in [-0.39, 0.29) is 0 Å². The lowest BCUT2D eigenvalue weighted by Crippen LogP contribution is -2.27. The summed E-state index contributed by atoms with van der Waals surface area (Å²) >= 11 is 0. The molecule has 0 aliphatic carbocycles. The van der Waals surface area contributed by atoms with Crippen molar-refractivity contribution in [2.45, 2.75) is 25.6 Å². The lowest BCUT2D eigenvalue weighted by molar-refractivity contribution is -0.172. The average molecular weight is 282 g/mol. The first-order valence-electron chi connectivity index (χ1n) is 6.79. The number of rotatable bonds is 6. The molecule has 112 valence electrons. The lowest BCUT2D eigenvalue weighted by Gasteiger charge is -2.30. The lowest BCUT2D eigenvalue weighted by atomic mass is 9.99. The second kappa shape index (κ2) is 6.33. The van der Waals surface area contributed by atoms with Gasteiger partial charge in [-0.25, -0.2) is 0 Å². The first-order valence-corrected chi connectivity index (χ1v) is 6.79. The van der Waals surface area contributed by atoms with Crippen molar-refractivity contribution in [3.05, 3.63) is 17.7 Å². The molecule has 0 unspecified atom stereocenters. The molecule has 1 fully saturated rings. The van der Waals surface area contributed by atoms with E-state index in [2.05, 4.69) is 6.92 Å². The van der Waals surface area contributed by atoms with E-state index in [4.69, 9.17) is 23.7 Å². The Kier molecular flexibility index (Phi) is 4.73. The highest BCUT2D eigenvalue weighted by Crippen LogP contribution is 2.48. The maximum absolute atomic E-state index is 5.88. The van der Waals surface area contributed by atoms with Gasteiger partial charge in [-0.2, -0.15) is 0 Å². The molecule has 2 rings (SSSR count). The summed E-state index contributed by atoms with van der Waals surface area (Å²) in [6, 6.07) is 3.76. The number of ether oxygens (including phenoxy) is 5. The molecule has 0 amide bonds. The van der Waals surface area contributed by atoms with Gasteiger partial charge in [0.25, 0.3) is 0 Å². The first kappa shape index (κ1) is 14.9. The van der Waals surface area contributed by atoms with Crippen LogP contribution in [0.5, 0.6) is 17.2 Å². The van der Waals surface area contributed by atoms with Crippen molar-refractivity contribution >= 4 is 0 Å². The smallest absolute Gasteiger partial charge is 0.203 e. The molecule has 0 atom stereocenters. The molecule has 1 saturated heterocycles. The molecule has 1 heterocycles. The molecule has 5 heteroatoms. The minimum atomic E-state index is -0.750. The Hall–Kier alpha value is -1.46. The molecule has 0 radical (unpaired) electrons. The molecule has 5 nitrogen and oxygen atoms in total. The summed E-state index contributed by atoms with van der Waals surface area (Å²) in [5, 5.41) is 0. The Bertz CT molecular complexity index is 452. The minimum absolute atomic E-state index is 0.557. The van der Waals surface area contributed by atoms with Gasteiger partial charge in [0.15, 0.2) is 17.3 Å². The predicted molar refractivity (Wildman–Crippen MR) is 74.6 cm³/mol. The summed E-state index contributed by atoms with van der Waals surface area (Å²) < 4.78 is 28.0. The monoisotopic (exact) mass is 282 g/mol. The standard InChI is InChI=1S/C15H22O5/c1-5-8-15(19-9-10-20-15)11-6-7-12(16-2)14(18-4)13(11)17-3/h6-7H,5,8-10H2,1-4H3. The van der Waals surface area contributed by atoms with Crippen LogP contribution >= 0.6 is 0 Å². The number of methoxy groups -OCH3 is 3. The first-order chi connectivity index (χ1) is 9.72. The van der Waals surface area contributed by atoms with Gasteiger partial charge in [0.2, 0.25) is 5.75 Å². The number of hydrogen-bond acceptors (Lipinski definition) is 5. The molecule has 0 saturated carbocycles. The van der Waals surface area contributed by atoms with E-state index in [0.29, 0.717) is 30.5 Å². The van der Waals surface area contributed by atoms with Crippen molar-refractivity contribution in [1.82, 2.24) is 0 Å². The van der Waals surface area contributed by atoms with Gasteiger partial charge in [-0.3, -0.25) is 0 Å². The van der Waals surface area contributed by atoms with Crippen LogP contribution in [-0.2, 0) is 15.3 Å². The van der Waals surface area contributed by atoms with Crippen LogP contribution in [0.4, 0.5) is 0 Å². The molecule has 1 aliphatic heterocycles. The van der Waals surface area contributed by atoms with Gasteiger partial charge in [0.05, 0.1) is 40.1 Å². The third kappa shape index (κ3) is 2.43. The van der Waals surface area contributed by atoms with E-state index < -0.39 is 5.79 Å². The minimum Gasteiger partial charge on any atom is -0.493 e. The second-order valence-corrected chi connectivity index (χ2v) is 4.58. The van der Waals surface area contributed by atoms with Crippen molar-refractivity contribution < 1.29 is 23.7 Å². The van der Waals surface area contributed by atoms with E-state index in [9.17, 15) is 0 Å². The summed E-state index contributed by atoms with van der Waals surface area (Å²) in [6.45, 7) is 3.26. The van der Waals surface area contributed by atoms with Gasteiger partial charge < -0.3 is 23.7 Å². The highest BCUT2D eigenvalue weighted by Gasteiger charge is 2.41. The van der Waals surface area contributed by atoms with Crippen LogP contribution in [0, 0.1) is 0 Å². The molecule has 20 heavy (non-hydrogen) atoms. The summed E-state index contributed by atoms with van der Waals surface area (Å²) in [5.41, 5.74) is 0.844. The largest absolute Gasteiger partial charge is 0.493 e. The van der Waals surface area contributed by atoms with Crippen LogP contribution in [0.25, 0.3) is 0 Å². The molecule has 0 bridgehead atoms. The highest BCUT2D eigenvalue weighted by molar-refractivity contribution is 5.57. The third-order valence-electron chi connectivity index (χ3n) is 3.45. The van der Waals surface area contributed by atoms with E-state index in [1.807, 2.05) is 12.1 Å². The summed E-state index contributed by atoms with van der Waals surface area (Å²) in [6.07, 6.45) is 1.70. The fourth-order valence-electron chi connectivity index (χ4n) is 2.62. The summed E-state index contributed by atoms with van der Waals surface area (Å²) in [5.74, 6) is 1.03. The Morgan fingerprint density at radius 3 is 2.15 bits per heavy atom. The maximum Gasteiger partial charge on any atom is 0.203 e. The Morgan fingerprint density at radius 2 is 1.65 bits per heavy atom. The van der Waals surface area contributed by atoms with Crippen LogP contribution in [0.15, 0.2) is 12.1 Å². The summed E-state index contributed by atoms with van der Waals surface area (Å²) in [7, 11) is 4.80. The maximum atomic E-state index is 5.88. The quantitative estimate of drug-likeness (QED) is 0.802. The zero-order valence-corrected chi connectivity index (χ0v) is 12.5. The van der Waals surface area contributed by atoms with Crippen molar-refractivity contribution in [2.24, 2.45) is 0 Å². The molecule has 0 spiro atoms. The zero-order valence-electron chi connectivity index (χ0n) is 12.5. The highest BCUT2D eigenvalue weighted by atomic mass is 16.7. The van der Waals surface area contributed by atoms with Gasteiger partial charge in [-0.15, -0.1) is 0 Å². The van der Waals surface area contributed by atoms with Crippen molar-refractivity contribution in [3.8, 4) is 17.2 Å². The number of benzene rings is 1. The van der Waals surface area contributed by atoms with Crippen LogP contribution in [-0.4, -0.2) is 34.5 Å². The van der Waals surface area contributed by atoms with Crippen molar-refractivity contribution in [3.63, 3.8) is 0 Å². The van der Waals surface area contributed by atoms with Crippen LogP contribution in [0.2, 0.25) is 0 Å². The van der Waals surface area contributed by atoms with E-state index >= 15 is 0 Å². The van der Waals surface area contributed by atoms with Gasteiger partial charge in [0.1, 0.15) is 0 Å². The van der Waals surface area contributed by atoms with Crippen molar-refractivity contribution in [1.29, 1.82) is 0 Å². The van der Waals surface area contributed by atoms with Crippen LogP contribution in [0.3, 0.4) is 0 Å². The van der Waals surface area contributed by atoms with Crippen LogP contribution in [0.1, 0.15) is 25.3 Å². The van der Waals surface area contributed by atoms with E-state index in [1.54, 1.807) is 21.3 Å². The van der Waals surface area contributed by atoms with Gasteiger partial charge in [-0.1, -0.05) is 13.3 Å². The molecule has 0 N–H and O–H groups in total. The van der Waals surface area contributed by atoms with Gasteiger partial charge >= 0.3 is 0 Å². The zero-order chi connectivity index (χ0) is 14.6. The SMILES string of the molecule is CCCC1(c2ccc(OC)c(OC)c2OC)OCCO1.